The van der Waals surface area contributed by atoms with E-state index >= 15 is 0 Å². The van der Waals surface area contributed by atoms with E-state index in [4.69, 9.17) is 6.58 Å². The molecule has 4 aliphatic rings. The van der Waals surface area contributed by atoms with Crippen molar-refractivity contribution in [2.24, 2.45) is 0 Å². The smallest absolute Gasteiger partial charge is 0.0726 e. The van der Waals surface area contributed by atoms with Gasteiger partial charge in [0.1, 0.15) is 0 Å². The van der Waals surface area contributed by atoms with E-state index < -0.39 is 10.8 Å². The summed E-state index contributed by atoms with van der Waals surface area (Å²) < 4.78 is 0. The van der Waals surface area contributed by atoms with Crippen LogP contribution in [0.5, 0.6) is 0 Å². The maximum atomic E-state index is 4.94. The molecule has 0 atom stereocenters. The largest absolute Gasteiger partial charge is 0.310 e. The molecule has 0 N–H and O–H groups in total. The van der Waals surface area contributed by atoms with Gasteiger partial charge >= 0.3 is 0 Å². The van der Waals surface area contributed by atoms with Crippen LogP contribution in [-0.2, 0) is 17.3 Å². The van der Waals surface area contributed by atoms with Crippen LogP contribution < -0.4 is 4.90 Å². The molecule has 70 heavy (non-hydrogen) atoms. The second-order valence-electron chi connectivity index (χ2n) is 19.2. The van der Waals surface area contributed by atoms with Gasteiger partial charge < -0.3 is 4.90 Å². The minimum atomic E-state index is -0.607. The zero-order valence-electron chi connectivity index (χ0n) is 38.7. The van der Waals surface area contributed by atoms with E-state index in [-0.39, 0.29) is 0 Å². The van der Waals surface area contributed by atoms with Crippen molar-refractivity contribution in [3.63, 3.8) is 0 Å². The van der Waals surface area contributed by atoms with E-state index in [9.17, 15) is 0 Å². The highest BCUT2D eigenvalue weighted by molar-refractivity contribution is 6.01. The Labute approximate surface area is 410 Å². The number of anilines is 3. The maximum Gasteiger partial charge on any atom is 0.0726 e. The zero-order chi connectivity index (χ0) is 46.4. The molecule has 0 bridgehead atoms. The van der Waals surface area contributed by atoms with Gasteiger partial charge in [-0.2, -0.15) is 0 Å². The number of benzene rings is 10. The number of allylic oxidation sites excluding steroid dienone is 5. The van der Waals surface area contributed by atoms with Crippen LogP contribution in [0.1, 0.15) is 44.5 Å². The molecular weight excluding hydrogens is 843 g/mol. The molecule has 0 amide bonds. The van der Waals surface area contributed by atoms with Crippen molar-refractivity contribution in [2.75, 3.05) is 4.90 Å². The maximum absolute atomic E-state index is 4.94. The number of hydrogen-bond donors (Lipinski definition) is 0. The van der Waals surface area contributed by atoms with E-state index in [0.717, 1.165) is 29.1 Å². The summed E-state index contributed by atoms with van der Waals surface area (Å²) in [7, 11) is 0. The molecule has 0 saturated heterocycles. The summed E-state index contributed by atoms with van der Waals surface area (Å²) in [4.78, 5) is 2.48. The summed E-state index contributed by atoms with van der Waals surface area (Å²) in [5, 5.41) is 0. The number of fused-ring (bicyclic) bond motifs is 13. The van der Waals surface area contributed by atoms with Crippen LogP contribution in [-0.4, -0.2) is 0 Å². The fraction of sp³-hybridized carbons (Fsp3) is 0.0435. The molecule has 1 nitrogen and oxygen atoms in total. The Morgan fingerprint density at radius 3 is 1.43 bits per heavy atom. The highest BCUT2D eigenvalue weighted by Crippen LogP contribution is 2.65. The Morgan fingerprint density at radius 1 is 0.343 bits per heavy atom. The first-order valence-electron chi connectivity index (χ1n) is 24.5. The van der Waals surface area contributed by atoms with Gasteiger partial charge in [0.2, 0.25) is 0 Å². The molecule has 4 aliphatic carbocycles. The van der Waals surface area contributed by atoms with Gasteiger partial charge in [-0.15, -0.1) is 0 Å². The molecule has 0 fully saturated rings. The average molecular weight is 890 g/mol. The topological polar surface area (TPSA) is 3.24 Å². The minimum absolute atomic E-state index is 0.520. The Morgan fingerprint density at radius 2 is 0.829 bits per heavy atom. The normalized spacial score (nSPS) is 15.6. The lowest BCUT2D eigenvalue weighted by Gasteiger charge is -2.37. The molecule has 1 heteroatoms. The summed E-state index contributed by atoms with van der Waals surface area (Å²) in [5.74, 6) is 0. The highest BCUT2D eigenvalue weighted by atomic mass is 15.1. The SMILES string of the molecule is C=C1/C=C\C=C/Cc2ccc(N(c3ccc(-c4ccccc4)cc3)c3cccc(C45c6ccccc6-c6cc(-c7ccccc7)cc(c64)-c4ccccc45)c3)cc2C12c1ccccc1-c1ccccc12. The van der Waals surface area contributed by atoms with E-state index in [0.29, 0.717) is 0 Å². The zero-order valence-corrected chi connectivity index (χ0v) is 38.7. The van der Waals surface area contributed by atoms with Gasteiger partial charge in [-0.3, -0.25) is 0 Å². The average Bonchev–Trinajstić information content (AvgIpc) is 4.04. The predicted octanol–water partition coefficient (Wildman–Crippen LogP) is 17.4. The minimum Gasteiger partial charge on any atom is -0.310 e. The Bertz CT molecular complexity index is 3700. The lowest BCUT2D eigenvalue weighted by atomic mass is 9.66. The van der Waals surface area contributed by atoms with Crippen LogP contribution in [0.25, 0.3) is 55.6 Å². The van der Waals surface area contributed by atoms with Gasteiger partial charge in [-0.1, -0.05) is 219 Å². The first kappa shape index (κ1) is 40.3. The second-order valence-corrected chi connectivity index (χ2v) is 19.2. The number of hydrogen-bond acceptors (Lipinski definition) is 1. The van der Waals surface area contributed by atoms with Crippen molar-refractivity contribution < 1.29 is 0 Å². The first-order chi connectivity index (χ1) is 34.6. The van der Waals surface area contributed by atoms with E-state index in [1.165, 1.54) is 100 Å². The van der Waals surface area contributed by atoms with Gasteiger partial charge in [0.05, 0.1) is 10.8 Å². The quantitative estimate of drug-likeness (QED) is 0.161. The molecule has 0 unspecified atom stereocenters. The summed E-state index contributed by atoms with van der Waals surface area (Å²) in [6.45, 7) is 4.94. The fourth-order valence-electron chi connectivity index (χ4n) is 12.8. The van der Waals surface area contributed by atoms with Crippen molar-refractivity contribution in [2.45, 2.75) is 17.3 Å². The molecule has 0 aliphatic heterocycles. The van der Waals surface area contributed by atoms with E-state index in [1.807, 2.05) is 0 Å². The third kappa shape index (κ3) is 5.67. The molecule has 0 saturated carbocycles. The van der Waals surface area contributed by atoms with Crippen LogP contribution in [0.4, 0.5) is 17.1 Å². The van der Waals surface area contributed by atoms with Crippen molar-refractivity contribution in [3.8, 4) is 55.6 Å². The lowest BCUT2D eigenvalue weighted by molar-refractivity contribution is 0.759. The molecule has 14 rings (SSSR count). The van der Waals surface area contributed by atoms with Crippen LogP contribution in [0.3, 0.4) is 0 Å². The standard InChI is InChI=1S/C69H47N/c1-46-20-5-2-10-25-50-38-41-55(45-66(50)68(46)62-32-15-11-28-56(62)57-29-12-16-33-63(57)68)70(53-39-36-49(37-40-53)47-21-6-3-7-22-47)54-27-19-26-52(44-54)69-64-34-17-13-30-58(64)60-42-51(48-23-8-4-9-24-48)43-61(67(60)69)59-31-14-18-35-65(59)69/h2-24,26-45H,1,25H2/b10-2-,20-5-. The molecule has 328 valence electrons. The Kier molecular flexibility index (Phi) is 9.00. The predicted molar refractivity (Wildman–Crippen MR) is 291 cm³/mol. The number of rotatable bonds is 6. The Balaban J connectivity index is 1.02. The van der Waals surface area contributed by atoms with Crippen molar-refractivity contribution in [1.82, 2.24) is 0 Å². The van der Waals surface area contributed by atoms with Gasteiger partial charge in [0.25, 0.3) is 0 Å². The van der Waals surface area contributed by atoms with Gasteiger partial charge in [0.15, 0.2) is 0 Å². The van der Waals surface area contributed by atoms with Crippen molar-refractivity contribution >= 4 is 17.1 Å². The summed E-state index contributed by atoms with van der Waals surface area (Å²) in [5.41, 5.74) is 26.2. The van der Waals surface area contributed by atoms with Crippen molar-refractivity contribution in [3.05, 3.63) is 318 Å². The Hall–Kier alpha value is -8.78. The molecule has 10 aromatic carbocycles. The first-order valence-corrected chi connectivity index (χ1v) is 24.5. The monoisotopic (exact) mass is 889 g/mol. The van der Waals surface area contributed by atoms with Crippen LogP contribution in [0.2, 0.25) is 0 Å². The summed E-state index contributed by atoms with van der Waals surface area (Å²) in [6.07, 6.45) is 9.66. The van der Waals surface area contributed by atoms with Crippen molar-refractivity contribution in [1.29, 1.82) is 0 Å². The highest BCUT2D eigenvalue weighted by Gasteiger charge is 2.53. The lowest BCUT2D eigenvalue weighted by Crippen LogP contribution is -2.30. The molecule has 0 aromatic heterocycles. The third-order valence-corrected chi connectivity index (χ3v) is 15.7. The molecule has 1 spiro atoms. The van der Waals surface area contributed by atoms with Crippen LogP contribution >= 0.6 is 0 Å². The number of nitrogens with zero attached hydrogens (tertiary/aromatic N) is 1. The summed E-state index contributed by atoms with van der Waals surface area (Å²) in [6, 6.07) is 88.4. The van der Waals surface area contributed by atoms with Crippen LogP contribution in [0, 0.1) is 0 Å². The summed E-state index contributed by atoms with van der Waals surface area (Å²) >= 11 is 0. The van der Waals surface area contributed by atoms with Gasteiger partial charge in [-0.05, 0) is 161 Å². The van der Waals surface area contributed by atoms with Gasteiger partial charge in [0, 0.05) is 17.1 Å². The molecular formula is C69H47N. The van der Waals surface area contributed by atoms with E-state index in [2.05, 4.69) is 266 Å². The van der Waals surface area contributed by atoms with E-state index in [1.54, 1.807) is 0 Å². The molecule has 0 radical (unpaired) electrons. The van der Waals surface area contributed by atoms with Gasteiger partial charge in [-0.25, -0.2) is 0 Å². The second kappa shape index (κ2) is 15.6. The molecule has 10 aromatic rings. The molecule has 0 heterocycles. The van der Waals surface area contributed by atoms with Crippen LogP contribution in [0.15, 0.2) is 273 Å². The fourth-order valence-corrected chi connectivity index (χ4v) is 12.8. The third-order valence-electron chi connectivity index (χ3n) is 15.7.